The van der Waals surface area contributed by atoms with Gasteiger partial charge < -0.3 is 15.4 Å². The first kappa shape index (κ1) is 17.9. The Morgan fingerprint density at radius 1 is 1.18 bits per heavy atom. The van der Waals surface area contributed by atoms with E-state index in [1.807, 2.05) is 0 Å². The number of benzene rings is 1. The molecule has 2 amide bonds. The summed E-state index contributed by atoms with van der Waals surface area (Å²) < 4.78 is 18.7. The zero-order valence-corrected chi connectivity index (χ0v) is 13.6. The predicted molar refractivity (Wildman–Crippen MR) is 83.0 cm³/mol. The average molecular weight is 310 g/mol. The number of ether oxygens (including phenoxy) is 1. The molecule has 0 aliphatic heterocycles. The molecule has 1 rings (SSSR count). The molecule has 22 heavy (non-hydrogen) atoms. The number of carbonyl (C=O) groups is 2. The number of hydrogen-bond donors (Lipinski definition) is 2. The molecule has 1 unspecified atom stereocenters. The van der Waals surface area contributed by atoms with E-state index >= 15 is 0 Å². The third kappa shape index (κ3) is 5.71. The number of halogens is 1. The third-order valence-corrected chi connectivity index (χ3v) is 2.75. The van der Waals surface area contributed by atoms with E-state index in [-0.39, 0.29) is 11.6 Å². The molecule has 0 heterocycles. The van der Waals surface area contributed by atoms with Gasteiger partial charge in [-0.2, -0.15) is 0 Å². The van der Waals surface area contributed by atoms with Gasteiger partial charge in [0.2, 0.25) is 5.91 Å². The Balaban J connectivity index is 2.77. The van der Waals surface area contributed by atoms with Crippen molar-refractivity contribution in [1.29, 1.82) is 0 Å². The molecule has 0 saturated heterocycles. The van der Waals surface area contributed by atoms with Crippen LogP contribution in [-0.4, -0.2) is 23.6 Å². The van der Waals surface area contributed by atoms with E-state index in [2.05, 4.69) is 10.6 Å². The van der Waals surface area contributed by atoms with Crippen LogP contribution in [0.5, 0.6) is 0 Å². The lowest BCUT2D eigenvalue weighted by molar-refractivity contribution is -0.119. The summed E-state index contributed by atoms with van der Waals surface area (Å²) in [6.45, 7) is 8.76. The average Bonchev–Trinajstić information content (AvgIpc) is 2.36. The molecule has 0 bridgehead atoms. The van der Waals surface area contributed by atoms with Crippen molar-refractivity contribution in [2.75, 3.05) is 5.32 Å². The Hall–Kier alpha value is -2.11. The van der Waals surface area contributed by atoms with Gasteiger partial charge in [0.25, 0.3) is 0 Å². The molecule has 122 valence electrons. The van der Waals surface area contributed by atoms with Crippen molar-refractivity contribution in [3.63, 3.8) is 0 Å². The smallest absolute Gasteiger partial charge is 0.408 e. The standard InChI is InChI=1S/C16H23FN2O3/c1-10(2)13(19-15(21)22-16(3,4)5)14(20)18-12-9-7-6-8-11(12)17/h6-10,13H,1-5H3,(H,18,20)(H,19,21). The molecule has 0 aliphatic rings. The van der Waals surface area contributed by atoms with Crippen molar-refractivity contribution in [3.05, 3.63) is 30.1 Å². The van der Waals surface area contributed by atoms with Gasteiger partial charge in [0, 0.05) is 0 Å². The second-order valence-corrected chi connectivity index (χ2v) is 6.34. The Kier molecular flexibility index (Phi) is 5.91. The van der Waals surface area contributed by atoms with Crippen LogP contribution in [0.3, 0.4) is 0 Å². The molecule has 0 saturated carbocycles. The lowest BCUT2D eigenvalue weighted by Crippen LogP contribution is -2.48. The minimum Gasteiger partial charge on any atom is -0.444 e. The van der Waals surface area contributed by atoms with Crippen molar-refractivity contribution in [1.82, 2.24) is 5.32 Å². The summed E-state index contributed by atoms with van der Waals surface area (Å²) in [5, 5.41) is 4.99. The van der Waals surface area contributed by atoms with Crippen LogP contribution in [0.2, 0.25) is 0 Å². The molecule has 1 atom stereocenters. The van der Waals surface area contributed by atoms with Gasteiger partial charge in [0.05, 0.1) is 5.69 Å². The highest BCUT2D eigenvalue weighted by atomic mass is 19.1. The molecule has 0 aromatic heterocycles. The van der Waals surface area contributed by atoms with Crippen LogP contribution in [0.1, 0.15) is 34.6 Å². The van der Waals surface area contributed by atoms with Crippen LogP contribution in [0.4, 0.5) is 14.9 Å². The maximum absolute atomic E-state index is 13.6. The lowest BCUT2D eigenvalue weighted by Gasteiger charge is -2.25. The number of carbonyl (C=O) groups excluding carboxylic acids is 2. The van der Waals surface area contributed by atoms with Gasteiger partial charge in [-0.3, -0.25) is 4.79 Å². The second-order valence-electron chi connectivity index (χ2n) is 6.34. The molecule has 0 fully saturated rings. The summed E-state index contributed by atoms with van der Waals surface area (Å²) in [6.07, 6.45) is -0.685. The summed E-state index contributed by atoms with van der Waals surface area (Å²) in [5.41, 5.74) is -0.586. The fourth-order valence-corrected chi connectivity index (χ4v) is 1.74. The summed E-state index contributed by atoms with van der Waals surface area (Å²) in [4.78, 5) is 24.1. The molecule has 1 aromatic carbocycles. The topological polar surface area (TPSA) is 67.4 Å². The SMILES string of the molecule is CC(C)C(NC(=O)OC(C)(C)C)C(=O)Nc1ccccc1F. The van der Waals surface area contributed by atoms with Crippen molar-refractivity contribution in [3.8, 4) is 0 Å². The molecular formula is C16H23FN2O3. The number of hydrogen-bond acceptors (Lipinski definition) is 3. The van der Waals surface area contributed by atoms with E-state index in [9.17, 15) is 14.0 Å². The van der Waals surface area contributed by atoms with Gasteiger partial charge >= 0.3 is 6.09 Å². The number of amides is 2. The van der Waals surface area contributed by atoms with Crippen LogP contribution in [0.15, 0.2) is 24.3 Å². The number of alkyl carbamates (subject to hydrolysis) is 1. The number of nitrogens with one attached hydrogen (secondary N) is 2. The summed E-state index contributed by atoms with van der Waals surface area (Å²) in [7, 11) is 0. The zero-order valence-electron chi connectivity index (χ0n) is 13.6. The Morgan fingerprint density at radius 2 is 1.77 bits per heavy atom. The molecule has 0 spiro atoms. The quantitative estimate of drug-likeness (QED) is 0.896. The fraction of sp³-hybridized carbons (Fsp3) is 0.500. The monoisotopic (exact) mass is 310 g/mol. The third-order valence-electron chi connectivity index (χ3n) is 2.75. The summed E-state index contributed by atoms with van der Waals surface area (Å²) in [5.74, 6) is -1.21. The first-order valence-electron chi connectivity index (χ1n) is 7.15. The summed E-state index contributed by atoms with van der Waals surface area (Å²) >= 11 is 0. The van der Waals surface area contributed by atoms with Crippen molar-refractivity contribution < 1.29 is 18.7 Å². The van der Waals surface area contributed by atoms with Gasteiger partial charge in [-0.15, -0.1) is 0 Å². The zero-order chi connectivity index (χ0) is 16.9. The fourth-order valence-electron chi connectivity index (χ4n) is 1.74. The molecule has 2 N–H and O–H groups in total. The normalized spacial score (nSPS) is 12.7. The van der Waals surface area contributed by atoms with Gasteiger partial charge in [-0.25, -0.2) is 9.18 Å². The van der Waals surface area contributed by atoms with E-state index in [0.717, 1.165) is 0 Å². The molecule has 0 radical (unpaired) electrons. The molecule has 1 aromatic rings. The highest BCUT2D eigenvalue weighted by molar-refractivity contribution is 5.96. The minimum atomic E-state index is -0.825. The maximum Gasteiger partial charge on any atom is 0.408 e. The second kappa shape index (κ2) is 7.24. The minimum absolute atomic E-state index is 0.0733. The van der Waals surface area contributed by atoms with E-state index in [1.165, 1.54) is 18.2 Å². The van der Waals surface area contributed by atoms with E-state index in [4.69, 9.17) is 4.74 Å². The number of para-hydroxylation sites is 1. The van der Waals surface area contributed by atoms with Crippen LogP contribution in [0, 0.1) is 11.7 Å². The van der Waals surface area contributed by atoms with Gasteiger partial charge in [-0.05, 0) is 38.8 Å². The van der Waals surface area contributed by atoms with E-state index in [1.54, 1.807) is 40.7 Å². The summed E-state index contributed by atoms with van der Waals surface area (Å²) in [6, 6.07) is 5.03. The van der Waals surface area contributed by atoms with Crippen molar-refractivity contribution >= 4 is 17.7 Å². The molecule has 5 nitrogen and oxygen atoms in total. The predicted octanol–water partition coefficient (Wildman–Crippen LogP) is 3.31. The molecular weight excluding hydrogens is 287 g/mol. The van der Waals surface area contributed by atoms with E-state index in [0.29, 0.717) is 0 Å². The number of rotatable bonds is 4. The van der Waals surface area contributed by atoms with Crippen LogP contribution >= 0.6 is 0 Å². The maximum atomic E-state index is 13.6. The van der Waals surface area contributed by atoms with Crippen LogP contribution in [-0.2, 0) is 9.53 Å². The van der Waals surface area contributed by atoms with Crippen LogP contribution < -0.4 is 10.6 Å². The first-order valence-corrected chi connectivity index (χ1v) is 7.15. The highest BCUT2D eigenvalue weighted by Crippen LogP contribution is 2.15. The lowest BCUT2D eigenvalue weighted by atomic mass is 10.0. The number of anilines is 1. The van der Waals surface area contributed by atoms with Crippen molar-refractivity contribution in [2.24, 2.45) is 5.92 Å². The Labute approximate surface area is 130 Å². The largest absolute Gasteiger partial charge is 0.444 e. The molecule has 0 aliphatic carbocycles. The first-order chi connectivity index (χ1) is 10.1. The van der Waals surface area contributed by atoms with Gasteiger partial charge in [0.15, 0.2) is 0 Å². The molecule has 6 heteroatoms. The van der Waals surface area contributed by atoms with Gasteiger partial charge in [0.1, 0.15) is 17.5 Å². The Morgan fingerprint density at radius 3 is 2.27 bits per heavy atom. The van der Waals surface area contributed by atoms with Crippen molar-refractivity contribution in [2.45, 2.75) is 46.3 Å². The highest BCUT2D eigenvalue weighted by Gasteiger charge is 2.27. The Bertz CT molecular complexity index is 538. The van der Waals surface area contributed by atoms with Crippen LogP contribution in [0.25, 0.3) is 0 Å². The van der Waals surface area contributed by atoms with E-state index < -0.39 is 29.5 Å². The van der Waals surface area contributed by atoms with Gasteiger partial charge in [-0.1, -0.05) is 26.0 Å².